The van der Waals surface area contributed by atoms with Crippen molar-refractivity contribution in [1.29, 1.82) is 0 Å². The van der Waals surface area contributed by atoms with Gasteiger partial charge in [0.1, 0.15) is 0 Å². The predicted molar refractivity (Wildman–Crippen MR) is 55.4 cm³/mol. The minimum atomic E-state index is -0.0452. The molecule has 0 fully saturated rings. The van der Waals surface area contributed by atoms with Gasteiger partial charge in [0.2, 0.25) is 0 Å². The maximum absolute atomic E-state index is 5.11. The van der Waals surface area contributed by atoms with Crippen LogP contribution in [-0.2, 0) is 0 Å². The van der Waals surface area contributed by atoms with E-state index in [9.17, 15) is 0 Å². The summed E-state index contributed by atoms with van der Waals surface area (Å²) in [7, 11) is 1.69. The van der Waals surface area contributed by atoms with E-state index in [-0.39, 0.29) is 20.4 Å². The van der Waals surface area contributed by atoms with Crippen molar-refractivity contribution in [3.63, 3.8) is 0 Å². The summed E-state index contributed by atoms with van der Waals surface area (Å²) in [6.45, 7) is 0. The molecule has 1 aromatic heterocycles. The summed E-state index contributed by atoms with van der Waals surface area (Å²) < 4.78 is 8.91. The summed E-state index contributed by atoms with van der Waals surface area (Å²) in [5.41, 5.74) is 1.34. The average Bonchev–Trinajstić information content (AvgIpc) is 2.71. The van der Waals surface area contributed by atoms with Gasteiger partial charge in [-0.3, -0.25) is 0 Å². The average molecular weight is 286 g/mol. The molecule has 0 radical (unpaired) electrons. The fourth-order valence-corrected chi connectivity index (χ4v) is 3.29. The molecule has 0 aliphatic heterocycles. The van der Waals surface area contributed by atoms with Gasteiger partial charge in [0.05, 0.1) is 0 Å². The molecule has 0 saturated heterocycles. The third-order valence-corrected chi connectivity index (χ3v) is 4.52. The number of hydrogen-bond acceptors (Lipinski definition) is 1. The first-order valence-electron chi connectivity index (χ1n) is 4.08. The third kappa shape index (κ3) is 1.96. The van der Waals surface area contributed by atoms with Crippen molar-refractivity contribution in [2.24, 2.45) is 0 Å². The second-order valence-electron chi connectivity index (χ2n) is 2.71. The Morgan fingerprint density at radius 3 is 2.38 bits per heavy atom. The number of benzene rings is 1. The number of rotatable bonds is 2. The van der Waals surface area contributed by atoms with Crippen molar-refractivity contribution in [2.75, 3.05) is 7.11 Å². The molecular formula is C11H10OTe. The molecule has 66 valence electrons. The van der Waals surface area contributed by atoms with Crippen LogP contribution in [0.2, 0.25) is 0 Å². The molecule has 0 aliphatic carbocycles. The molecule has 2 rings (SSSR count). The van der Waals surface area contributed by atoms with Gasteiger partial charge in [0.15, 0.2) is 0 Å². The molecule has 13 heavy (non-hydrogen) atoms. The molecule has 0 saturated carbocycles. The third-order valence-electron chi connectivity index (χ3n) is 1.90. The first-order valence-corrected chi connectivity index (χ1v) is 6.59. The van der Waals surface area contributed by atoms with E-state index in [0.717, 1.165) is 5.75 Å². The summed E-state index contributed by atoms with van der Waals surface area (Å²) in [5.74, 6) is 0.927. The Kier molecular flexibility index (Phi) is 2.73. The van der Waals surface area contributed by atoms with E-state index in [4.69, 9.17) is 4.74 Å². The van der Waals surface area contributed by atoms with Crippen LogP contribution in [0.1, 0.15) is 0 Å². The van der Waals surface area contributed by atoms with Gasteiger partial charge in [-0.15, -0.1) is 0 Å². The summed E-state index contributed by atoms with van der Waals surface area (Å²) in [6, 6.07) is 12.7. The first kappa shape index (κ1) is 8.87. The van der Waals surface area contributed by atoms with E-state index in [1.807, 2.05) is 12.1 Å². The second kappa shape index (κ2) is 4.00. The molecule has 1 heterocycles. The van der Waals surface area contributed by atoms with Crippen molar-refractivity contribution < 1.29 is 4.74 Å². The van der Waals surface area contributed by atoms with E-state index < -0.39 is 0 Å². The van der Waals surface area contributed by atoms with E-state index in [1.165, 1.54) is 9.14 Å². The summed E-state index contributed by atoms with van der Waals surface area (Å²) in [5, 5.41) is 0. The quantitative estimate of drug-likeness (QED) is 0.770. The van der Waals surface area contributed by atoms with Gasteiger partial charge in [-0.25, -0.2) is 0 Å². The van der Waals surface area contributed by atoms with E-state index in [2.05, 4.69) is 28.3 Å². The molecule has 0 N–H and O–H groups in total. The fraction of sp³-hybridized carbons (Fsp3) is 0.0909. The van der Waals surface area contributed by atoms with Gasteiger partial charge in [0, 0.05) is 0 Å². The maximum atomic E-state index is 5.11. The zero-order chi connectivity index (χ0) is 9.10. The van der Waals surface area contributed by atoms with Crippen LogP contribution in [-0.4, -0.2) is 27.5 Å². The molecule has 0 spiro atoms. The molecule has 0 atom stereocenters. The van der Waals surface area contributed by atoms with Crippen molar-refractivity contribution in [3.05, 3.63) is 40.5 Å². The van der Waals surface area contributed by atoms with E-state index in [1.54, 1.807) is 7.11 Å². The Morgan fingerprint density at radius 2 is 1.85 bits per heavy atom. The van der Waals surface area contributed by atoms with Gasteiger partial charge in [-0.2, -0.15) is 0 Å². The topological polar surface area (TPSA) is 9.23 Å². The molecular weight excluding hydrogens is 276 g/mol. The van der Waals surface area contributed by atoms with Gasteiger partial charge >= 0.3 is 87.7 Å². The Bertz CT molecular complexity index is 361. The number of ether oxygens (including phenoxy) is 1. The zero-order valence-electron chi connectivity index (χ0n) is 7.36. The Balaban J connectivity index is 2.33. The molecule has 0 unspecified atom stereocenters. The van der Waals surface area contributed by atoms with Crippen molar-refractivity contribution in [3.8, 4) is 14.9 Å². The van der Waals surface area contributed by atoms with Crippen LogP contribution >= 0.6 is 0 Å². The SMILES string of the molecule is COc1ccc(-c2ccc[te]2)cc1. The van der Waals surface area contributed by atoms with E-state index >= 15 is 0 Å². The zero-order valence-corrected chi connectivity index (χ0v) is 9.69. The van der Waals surface area contributed by atoms with Crippen molar-refractivity contribution in [1.82, 2.24) is 0 Å². The fourth-order valence-electron chi connectivity index (χ4n) is 1.20. The van der Waals surface area contributed by atoms with E-state index in [0.29, 0.717) is 0 Å². The molecule has 2 aromatic rings. The second-order valence-corrected chi connectivity index (χ2v) is 5.41. The van der Waals surface area contributed by atoms with Gasteiger partial charge in [-0.05, 0) is 0 Å². The van der Waals surface area contributed by atoms with Crippen LogP contribution in [0.25, 0.3) is 9.14 Å². The standard InChI is InChI=1S/C11H10OTe/c1-12-10-6-4-9(5-7-10)11-3-2-8-13-11/h2-8H,1H3. The molecule has 2 heteroatoms. The van der Waals surface area contributed by atoms with Crippen LogP contribution in [0.4, 0.5) is 0 Å². The molecule has 0 amide bonds. The van der Waals surface area contributed by atoms with Crippen molar-refractivity contribution >= 4 is 20.4 Å². The molecule has 0 aliphatic rings. The Morgan fingerprint density at radius 1 is 1.08 bits per heavy atom. The predicted octanol–water partition coefficient (Wildman–Crippen LogP) is 2.42. The Labute approximate surface area is 87.6 Å². The summed E-state index contributed by atoms with van der Waals surface area (Å²) in [6.07, 6.45) is 0. The van der Waals surface area contributed by atoms with Gasteiger partial charge < -0.3 is 0 Å². The summed E-state index contributed by atoms with van der Waals surface area (Å²) in [4.78, 5) is 0. The van der Waals surface area contributed by atoms with Gasteiger partial charge in [-0.1, -0.05) is 0 Å². The minimum absolute atomic E-state index is 0.0452. The van der Waals surface area contributed by atoms with Crippen LogP contribution in [0.15, 0.2) is 40.5 Å². The van der Waals surface area contributed by atoms with Gasteiger partial charge in [0.25, 0.3) is 0 Å². The number of hydrogen-bond donors (Lipinski definition) is 0. The molecule has 1 nitrogen and oxygen atoms in total. The van der Waals surface area contributed by atoms with Crippen LogP contribution in [0.3, 0.4) is 0 Å². The number of methoxy groups -OCH3 is 1. The molecule has 1 aromatic carbocycles. The normalized spacial score (nSPS) is 9.92. The van der Waals surface area contributed by atoms with Crippen LogP contribution in [0.5, 0.6) is 5.75 Å². The molecule has 0 bridgehead atoms. The first-order chi connectivity index (χ1) is 6.40. The van der Waals surface area contributed by atoms with Crippen LogP contribution < -0.4 is 4.74 Å². The van der Waals surface area contributed by atoms with Crippen molar-refractivity contribution in [2.45, 2.75) is 0 Å². The summed E-state index contributed by atoms with van der Waals surface area (Å²) >= 11 is -0.0452. The van der Waals surface area contributed by atoms with Crippen LogP contribution in [0, 0.1) is 0 Å². The Hall–Kier alpha value is -0.710. The monoisotopic (exact) mass is 288 g/mol.